The highest BCUT2D eigenvalue weighted by molar-refractivity contribution is 7.93. The van der Waals surface area contributed by atoms with E-state index in [1.54, 1.807) is 0 Å². The lowest BCUT2D eigenvalue weighted by Crippen LogP contribution is -2.55. The Morgan fingerprint density at radius 1 is 1.18 bits per heavy atom. The van der Waals surface area contributed by atoms with E-state index in [9.17, 15) is 4.79 Å². The number of carboxylic acid groups (broad SMARTS) is 1. The Morgan fingerprint density at radius 2 is 1.53 bits per heavy atom. The Labute approximate surface area is 114 Å². The van der Waals surface area contributed by atoms with E-state index >= 15 is 0 Å². The van der Waals surface area contributed by atoms with Crippen LogP contribution >= 0.6 is 0 Å². The first-order valence-corrected chi connectivity index (χ1v) is 5.61. The Balaban J connectivity index is 0. The maximum atomic E-state index is 10.2. The molecule has 0 saturated carbocycles. The van der Waals surface area contributed by atoms with Crippen LogP contribution in [0.3, 0.4) is 0 Å². The maximum absolute atomic E-state index is 10.2. The minimum atomic E-state index is -0.671. The average Bonchev–Trinajstić information content (AvgIpc) is 2.19. The second-order valence-corrected chi connectivity index (χ2v) is 3.78. The van der Waals surface area contributed by atoms with Gasteiger partial charge in [-0.2, -0.15) is 0 Å². The number of hydrogen-bond donors (Lipinski definition) is 1. The van der Waals surface area contributed by atoms with Crippen LogP contribution in [0.15, 0.2) is 0 Å². The highest BCUT2D eigenvalue weighted by atomic mass is 16.4. The van der Waals surface area contributed by atoms with Gasteiger partial charge in [0.15, 0.2) is 0 Å². The van der Waals surface area contributed by atoms with Gasteiger partial charge < -0.3 is 5.11 Å². The van der Waals surface area contributed by atoms with Crippen LogP contribution in [0.1, 0.15) is 26.7 Å². The highest BCUT2D eigenvalue weighted by Crippen LogP contribution is 2.05. The maximum Gasteiger partial charge on any atom is 0.306 e. The van der Waals surface area contributed by atoms with E-state index in [4.69, 9.17) is 43.8 Å². The van der Waals surface area contributed by atoms with Gasteiger partial charge in [0.2, 0.25) is 0 Å². The summed E-state index contributed by atoms with van der Waals surface area (Å²) in [5.74, 6) is -0.801. The molecular weight excluding hydrogens is 201 g/mol. The zero-order valence-electron chi connectivity index (χ0n) is 10.5. The molecule has 0 saturated heterocycles. The summed E-state index contributed by atoms with van der Waals surface area (Å²) in [5.41, 5.74) is 0. The molecule has 0 aliphatic rings. The van der Waals surface area contributed by atoms with Crippen molar-refractivity contribution in [2.24, 2.45) is 5.92 Å². The molecule has 0 aromatic heterocycles. The minimum absolute atomic E-state index is 0.130. The lowest BCUT2D eigenvalue weighted by Gasteiger charge is -2.17. The number of carbonyl (C=O) groups is 1. The SMILES string of the molecule is CCC(CC)C(=O)O.[B][B]B(B([B])[B])B([B])[B]. The van der Waals surface area contributed by atoms with E-state index in [1.165, 1.54) is 7.06 Å². The topological polar surface area (TPSA) is 37.3 Å². The first-order valence-electron chi connectivity index (χ1n) is 5.61. The predicted molar refractivity (Wildman–Crippen MR) is 83.5 cm³/mol. The van der Waals surface area contributed by atoms with Crippen molar-refractivity contribution in [1.29, 1.82) is 0 Å². The van der Waals surface area contributed by atoms with Gasteiger partial charge in [0.1, 0.15) is 0 Å². The summed E-state index contributed by atoms with van der Waals surface area (Å²) in [4.78, 5) is 10.2. The van der Waals surface area contributed by atoms with Gasteiger partial charge in [-0.1, -0.05) is 13.8 Å². The lowest BCUT2D eigenvalue weighted by atomic mass is 8.64. The molecule has 0 heterocycles. The van der Waals surface area contributed by atoms with Gasteiger partial charge in [-0.3, -0.25) is 4.79 Å². The fourth-order valence-corrected chi connectivity index (χ4v) is 1.15. The quantitative estimate of drug-likeness (QED) is 0.523. The van der Waals surface area contributed by atoms with Crippen molar-refractivity contribution in [1.82, 2.24) is 0 Å². The second-order valence-electron chi connectivity index (χ2n) is 3.78. The van der Waals surface area contributed by atoms with Gasteiger partial charge in [-0.05, 0) is 12.8 Å². The van der Waals surface area contributed by atoms with Crippen LogP contribution in [0.5, 0.6) is 0 Å². The Kier molecular flexibility index (Phi) is 12.7. The molecule has 0 aromatic rings. The Morgan fingerprint density at radius 3 is 1.53 bits per heavy atom. The third-order valence-corrected chi connectivity index (χ3v) is 2.45. The molecule has 0 aromatic carbocycles. The molecule has 2 nitrogen and oxygen atoms in total. The molecule has 0 fully saturated rings. The molecule has 0 atom stereocenters. The monoisotopic (exact) mass is 215 g/mol. The smallest absolute Gasteiger partial charge is 0.306 e. The highest BCUT2D eigenvalue weighted by Gasteiger charge is 2.18. The summed E-state index contributed by atoms with van der Waals surface area (Å²) in [7, 11) is 27.5. The molecule has 0 aliphatic heterocycles. The van der Waals surface area contributed by atoms with Crippen molar-refractivity contribution in [2.75, 3.05) is 0 Å². The number of rotatable bonds is 6. The van der Waals surface area contributed by atoms with E-state index in [0.717, 1.165) is 12.8 Å². The standard InChI is InChI=1S/C6H12O2.B9/c1-3-5(4-2)6(7)8;1-6-9(7(2)3)8(4)5/h5H,3-4H2,1-2H3,(H,7,8);. The number of aliphatic carboxylic acids is 1. The molecule has 75 valence electrons. The minimum Gasteiger partial charge on any atom is -0.481 e. The fraction of sp³-hybridized carbons (Fsp3) is 0.833. The molecule has 0 unspecified atom stereocenters. The third-order valence-electron chi connectivity index (χ3n) is 2.45. The van der Waals surface area contributed by atoms with Gasteiger partial charge in [0, 0.05) is 64.9 Å². The van der Waals surface area contributed by atoms with Crippen LogP contribution < -0.4 is 0 Å². The summed E-state index contributed by atoms with van der Waals surface area (Å²) in [5, 5.41) is 8.37. The van der Waals surface area contributed by atoms with Gasteiger partial charge in [0.05, 0.1) is 5.92 Å². The Bertz CT molecular complexity index is 188. The molecule has 0 spiro atoms. The molecule has 0 bridgehead atoms. The molecule has 1 N–H and O–H groups in total. The number of hydrogen-bond acceptors (Lipinski definition) is 1. The van der Waals surface area contributed by atoms with Crippen molar-refractivity contribution in [3.63, 3.8) is 0 Å². The molecular formula is C6H12B9O2. The van der Waals surface area contributed by atoms with Gasteiger partial charge >= 0.3 is 5.97 Å². The number of carboxylic acids is 1. The summed E-state index contributed by atoms with van der Waals surface area (Å²) in [6.07, 6.45) is 0.0208. The summed E-state index contributed by atoms with van der Waals surface area (Å²) < 4.78 is 0. The van der Waals surface area contributed by atoms with E-state index in [0.29, 0.717) is 0 Å². The van der Waals surface area contributed by atoms with Crippen molar-refractivity contribution in [3.05, 3.63) is 0 Å². The third kappa shape index (κ3) is 9.73. The molecule has 11 radical (unpaired) electrons. The molecule has 0 aliphatic carbocycles. The molecule has 17 heavy (non-hydrogen) atoms. The largest absolute Gasteiger partial charge is 0.481 e. The molecule has 0 amide bonds. The zero-order chi connectivity index (χ0) is 14.0. The van der Waals surface area contributed by atoms with Crippen LogP contribution in [-0.4, -0.2) is 76.0 Å². The van der Waals surface area contributed by atoms with Crippen LogP contribution in [0.4, 0.5) is 0 Å². The van der Waals surface area contributed by atoms with Crippen molar-refractivity contribution in [2.45, 2.75) is 26.7 Å². The zero-order valence-corrected chi connectivity index (χ0v) is 10.5. The van der Waals surface area contributed by atoms with Gasteiger partial charge in [-0.25, -0.2) is 0 Å². The summed E-state index contributed by atoms with van der Waals surface area (Å²) >= 11 is 0. The van der Waals surface area contributed by atoms with E-state index in [1.807, 2.05) is 13.8 Å². The van der Waals surface area contributed by atoms with Crippen LogP contribution in [-0.2, 0) is 4.79 Å². The first-order chi connectivity index (χ1) is 7.81. The van der Waals surface area contributed by atoms with Crippen LogP contribution in [0.25, 0.3) is 0 Å². The van der Waals surface area contributed by atoms with Crippen molar-refractivity contribution in [3.8, 4) is 0 Å². The average molecular weight is 213 g/mol. The van der Waals surface area contributed by atoms with Crippen LogP contribution in [0, 0.1) is 5.92 Å². The summed E-state index contributed by atoms with van der Waals surface area (Å²) in [6.45, 7) is 3.78. The fourth-order valence-electron chi connectivity index (χ4n) is 1.15. The van der Waals surface area contributed by atoms with Gasteiger partial charge in [0.25, 0.3) is 0 Å². The normalized spacial score (nSPS) is 8.88. The van der Waals surface area contributed by atoms with Crippen LogP contribution in [0.2, 0.25) is 0 Å². The molecule has 0 rings (SSSR count). The Hall–Kier alpha value is 0.0544. The van der Waals surface area contributed by atoms with E-state index < -0.39 is 18.7 Å². The van der Waals surface area contributed by atoms with Crippen molar-refractivity contribution < 1.29 is 9.90 Å². The summed E-state index contributed by atoms with van der Waals surface area (Å²) in [6, 6.07) is 0. The first kappa shape index (κ1) is 19.4. The predicted octanol–water partition coefficient (Wildman–Crippen LogP) is -1.92. The van der Waals surface area contributed by atoms with Crippen molar-refractivity contribution >= 4 is 70.9 Å². The van der Waals surface area contributed by atoms with Gasteiger partial charge in [-0.15, -0.1) is 0 Å². The van der Waals surface area contributed by atoms with E-state index in [-0.39, 0.29) is 12.3 Å². The lowest BCUT2D eigenvalue weighted by molar-refractivity contribution is -0.141. The second kappa shape index (κ2) is 11.2. The molecule has 11 heteroatoms. The van der Waals surface area contributed by atoms with E-state index in [2.05, 4.69) is 0 Å².